The third-order valence-electron chi connectivity index (χ3n) is 4.88. The second kappa shape index (κ2) is 8.23. The molecule has 0 aromatic carbocycles. The van der Waals surface area contributed by atoms with Gasteiger partial charge in [-0.3, -0.25) is 0 Å². The first-order valence-electron chi connectivity index (χ1n) is 8.45. The molecule has 0 radical (unpaired) electrons. The lowest BCUT2D eigenvalue weighted by Gasteiger charge is -2.34. The van der Waals surface area contributed by atoms with Crippen molar-refractivity contribution in [3.05, 3.63) is 0 Å². The smallest absolute Gasteiger partial charge is 0.0195 e. The first-order valence-corrected chi connectivity index (χ1v) is 8.45. The van der Waals surface area contributed by atoms with Gasteiger partial charge in [-0.2, -0.15) is 0 Å². The van der Waals surface area contributed by atoms with Gasteiger partial charge in [-0.05, 0) is 71.8 Å². The minimum absolute atomic E-state index is 0.760. The first-order chi connectivity index (χ1) is 9.29. The predicted octanol–water partition coefficient (Wildman–Crippen LogP) is 2.32. The van der Waals surface area contributed by atoms with Gasteiger partial charge in [-0.1, -0.05) is 13.3 Å². The molecular weight excluding hydrogens is 234 g/mol. The van der Waals surface area contributed by atoms with Gasteiger partial charge < -0.3 is 15.1 Å². The van der Waals surface area contributed by atoms with Gasteiger partial charge in [0.1, 0.15) is 0 Å². The molecule has 3 heteroatoms. The molecule has 0 amide bonds. The predicted molar refractivity (Wildman–Crippen MR) is 82.6 cm³/mol. The number of piperidine rings is 1. The van der Waals surface area contributed by atoms with Gasteiger partial charge in [0.05, 0.1) is 0 Å². The monoisotopic (exact) mass is 267 g/mol. The number of likely N-dealkylation sites (tertiary alicyclic amines) is 1. The van der Waals surface area contributed by atoms with Crippen molar-refractivity contribution in [1.82, 2.24) is 15.1 Å². The molecule has 2 unspecified atom stereocenters. The Kier molecular flexibility index (Phi) is 6.62. The van der Waals surface area contributed by atoms with Crippen LogP contribution in [-0.2, 0) is 0 Å². The van der Waals surface area contributed by atoms with Crippen molar-refractivity contribution in [3.8, 4) is 0 Å². The Morgan fingerprint density at radius 3 is 2.74 bits per heavy atom. The third kappa shape index (κ3) is 5.05. The summed E-state index contributed by atoms with van der Waals surface area (Å²) in [6, 6.07) is 1.60. The SMILES string of the molecule is CCCN(CCC1CCCCN1C)CC1CCCN1. The van der Waals surface area contributed by atoms with E-state index in [1.54, 1.807) is 0 Å². The highest BCUT2D eigenvalue weighted by Gasteiger charge is 2.21. The summed E-state index contributed by atoms with van der Waals surface area (Å²) < 4.78 is 0. The normalized spacial score (nSPS) is 29.2. The van der Waals surface area contributed by atoms with Crippen molar-refractivity contribution in [2.45, 2.75) is 64.0 Å². The van der Waals surface area contributed by atoms with E-state index in [4.69, 9.17) is 0 Å². The molecule has 0 aromatic rings. The zero-order chi connectivity index (χ0) is 13.5. The molecule has 2 rings (SSSR count). The summed E-state index contributed by atoms with van der Waals surface area (Å²) >= 11 is 0. The van der Waals surface area contributed by atoms with Crippen molar-refractivity contribution in [2.75, 3.05) is 39.8 Å². The Bertz CT molecular complexity index is 238. The average Bonchev–Trinajstić information content (AvgIpc) is 2.91. The van der Waals surface area contributed by atoms with Crippen LogP contribution in [0.4, 0.5) is 0 Å². The fourth-order valence-electron chi connectivity index (χ4n) is 3.68. The lowest BCUT2D eigenvalue weighted by atomic mass is 10.00. The quantitative estimate of drug-likeness (QED) is 0.764. The van der Waals surface area contributed by atoms with E-state index < -0.39 is 0 Å². The summed E-state index contributed by atoms with van der Waals surface area (Å²) in [6.07, 6.45) is 9.65. The molecular formula is C16H33N3. The van der Waals surface area contributed by atoms with E-state index in [0.29, 0.717) is 0 Å². The van der Waals surface area contributed by atoms with Crippen LogP contribution in [0.1, 0.15) is 51.9 Å². The van der Waals surface area contributed by atoms with E-state index in [9.17, 15) is 0 Å². The van der Waals surface area contributed by atoms with Crippen molar-refractivity contribution in [2.24, 2.45) is 0 Å². The van der Waals surface area contributed by atoms with Crippen molar-refractivity contribution >= 4 is 0 Å². The zero-order valence-corrected chi connectivity index (χ0v) is 13.0. The summed E-state index contributed by atoms with van der Waals surface area (Å²) in [7, 11) is 2.31. The van der Waals surface area contributed by atoms with Crippen LogP contribution in [0.15, 0.2) is 0 Å². The molecule has 0 saturated carbocycles. The largest absolute Gasteiger partial charge is 0.313 e. The molecule has 19 heavy (non-hydrogen) atoms. The molecule has 2 heterocycles. The number of hydrogen-bond donors (Lipinski definition) is 1. The van der Waals surface area contributed by atoms with Crippen LogP contribution in [0.25, 0.3) is 0 Å². The maximum absolute atomic E-state index is 3.64. The highest BCUT2D eigenvalue weighted by molar-refractivity contribution is 4.80. The molecule has 2 fully saturated rings. The van der Waals surface area contributed by atoms with Gasteiger partial charge in [0, 0.05) is 18.6 Å². The Morgan fingerprint density at radius 2 is 2.05 bits per heavy atom. The van der Waals surface area contributed by atoms with Gasteiger partial charge in [0.2, 0.25) is 0 Å². The topological polar surface area (TPSA) is 18.5 Å². The molecule has 0 aliphatic carbocycles. The van der Waals surface area contributed by atoms with Crippen LogP contribution >= 0.6 is 0 Å². The lowest BCUT2D eigenvalue weighted by Crippen LogP contribution is -2.42. The average molecular weight is 267 g/mol. The van der Waals surface area contributed by atoms with E-state index in [2.05, 4.69) is 29.1 Å². The molecule has 0 aromatic heterocycles. The molecule has 2 atom stereocenters. The Labute approximate surface area is 119 Å². The van der Waals surface area contributed by atoms with Crippen LogP contribution < -0.4 is 5.32 Å². The number of nitrogens with zero attached hydrogens (tertiary/aromatic N) is 2. The summed E-state index contributed by atoms with van der Waals surface area (Å²) in [4.78, 5) is 5.28. The van der Waals surface area contributed by atoms with Crippen molar-refractivity contribution in [1.29, 1.82) is 0 Å². The molecule has 0 spiro atoms. The van der Waals surface area contributed by atoms with Gasteiger partial charge >= 0.3 is 0 Å². The molecule has 2 aliphatic rings. The van der Waals surface area contributed by atoms with Crippen LogP contribution in [0, 0.1) is 0 Å². The minimum Gasteiger partial charge on any atom is -0.313 e. The highest BCUT2D eigenvalue weighted by Crippen LogP contribution is 2.18. The molecule has 112 valence electrons. The van der Waals surface area contributed by atoms with Gasteiger partial charge in [0.25, 0.3) is 0 Å². The third-order valence-corrected chi connectivity index (χ3v) is 4.88. The second-order valence-electron chi connectivity index (χ2n) is 6.51. The molecule has 3 nitrogen and oxygen atoms in total. The van der Waals surface area contributed by atoms with E-state index >= 15 is 0 Å². The van der Waals surface area contributed by atoms with Crippen LogP contribution in [0.3, 0.4) is 0 Å². The Morgan fingerprint density at radius 1 is 1.16 bits per heavy atom. The minimum atomic E-state index is 0.760. The Balaban J connectivity index is 1.72. The lowest BCUT2D eigenvalue weighted by molar-refractivity contribution is 0.150. The number of rotatable bonds is 7. The summed E-state index contributed by atoms with van der Waals surface area (Å²) in [6.45, 7) is 8.68. The fourth-order valence-corrected chi connectivity index (χ4v) is 3.68. The van der Waals surface area contributed by atoms with Crippen LogP contribution in [0.2, 0.25) is 0 Å². The van der Waals surface area contributed by atoms with Crippen LogP contribution in [-0.4, -0.2) is 61.7 Å². The molecule has 0 bridgehead atoms. The van der Waals surface area contributed by atoms with E-state index in [1.165, 1.54) is 77.7 Å². The van der Waals surface area contributed by atoms with Crippen molar-refractivity contribution < 1.29 is 0 Å². The van der Waals surface area contributed by atoms with Gasteiger partial charge in [-0.25, -0.2) is 0 Å². The second-order valence-corrected chi connectivity index (χ2v) is 6.51. The van der Waals surface area contributed by atoms with Crippen molar-refractivity contribution in [3.63, 3.8) is 0 Å². The Hall–Kier alpha value is -0.120. The molecule has 1 N–H and O–H groups in total. The maximum Gasteiger partial charge on any atom is 0.0195 e. The van der Waals surface area contributed by atoms with E-state index in [-0.39, 0.29) is 0 Å². The van der Waals surface area contributed by atoms with Crippen LogP contribution in [0.5, 0.6) is 0 Å². The fraction of sp³-hybridized carbons (Fsp3) is 1.00. The van der Waals surface area contributed by atoms with Gasteiger partial charge in [0.15, 0.2) is 0 Å². The first kappa shape index (κ1) is 15.3. The summed E-state index contributed by atoms with van der Waals surface area (Å²) in [5.41, 5.74) is 0. The number of nitrogens with one attached hydrogen (secondary N) is 1. The standard InChI is InChI=1S/C16H33N3/c1-3-11-19(14-15-7-6-10-17-15)13-9-16-8-4-5-12-18(16)2/h15-17H,3-14H2,1-2H3. The summed E-state index contributed by atoms with van der Waals surface area (Å²) in [5, 5.41) is 3.64. The van der Waals surface area contributed by atoms with E-state index in [1.807, 2.05) is 0 Å². The zero-order valence-electron chi connectivity index (χ0n) is 13.0. The molecule has 2 saturated heterocycles. The number of hydrogen-bond acceptors (Lipinski definition) is 3. The maximum atomic E-state index is 3.64. The molecule has 2 aliphatic heterocycles. The highest BCUT2D eigenvalue weighted by atomic mass is 15.2. The van der Waals surface area contributed by atoms with Gasteiger partial charge in [-0.15, -0.1) is 0 Å². The summed E-state index contributed by atoms with van der Waals surface area (Å²) in [5.74, 6) is 0. The van der Waals surface area contributed by atoms with E-state index in [0.717, 1.165) is 12.1 Å².